The number of hydrogen-bond donors (Lipinski definition) is 1. The third-order valence-electron chi connectivity index (χ3n) is 4.46. The van der Waals surface area contributed by atoms with Gasteiger partial charge in [-0.15, -0.1) is 0 Å². The number of aryl methyl sites for hydroxylation is 1. The number of carbonyl (C=O) groups is 1. The van der Waals surface area contributed by atoms with E-state index in [4.69, 9.17) is 4.52 Å². The summed E-state index contributed by atoms with van der Waals surface area (Å²) in [4.78, 5) is 17.0. The Morgan fingerprint density at radius 2 is 1.76 bits per heavy atom. The highest BCUT2D eigenvalue weighted by molar-refractivity contribution is 7.89. The lowest BCUT2D eigenvalue weighted by Gasteiger charge is -2.21. The van der Waals surface area contributed by atoms with Crippen molar-refractivity contribution in [1.29, 1.82) is 0 Å². The van der Waals surface area contributed by atoms with Crippen molar-refractivity contribution in [2.24, 2.45) is 0 Å². The Kier molecular flexibility index (Phi) is 5.81. The van der Waals surface area contributed by atoms with Crippen LogP contribution in [0.4, 0.5) is 5.69 Å². The Morgan fingerprint density at radius 3 is 2.34 bits per heavy atom. The second-order valence-electron chi connectivity index (χ2n) is 6.78. The molecular weight excluding hydrogens is 392 g/mol. The van der Waals surface area contributed by atoms with Crippen LogP contribution in [0.1, 0.15) is 30.1 Å². The highest BCUT2D eigenvalue weighted by Gasteiger charge is 2.23. The van der Waals surface area contributed by atoms with Crippen molar-refractivity contribution in [3.05, 3.63) is 60.0 Å². The van der Waals surface area contributed by atoms with Gasteiger partial charge in [-0.05, 0) is 50.2 Å². The number of anilines is 1. The molecule has 1 heterocycles. The monoisotopic (exact) mass is 414 g/mol. The fraction of sp³-hybridized carbons (Fsp3) is 0.250. The number of rotatable bonds is 6. The smallest absolute Gasteiger partial charge is 0.255 e. The fourth-order valence-electron chi connectivity index (χ4n) is 2.61. The average molecular weight is 414 g/mol. The number of nitrogens with one attached hydrogen (secondary N) is 1. The third-order valence-corrected chi connectivity index (χ3v) is 6.51. The number of benzene rings is 2. The molecule has 0 aliphatic heterocycles. The van der Waals surface area contributed by atoms with Crippen LogP contribution in [-0.2, 0) is 10.0 Å². The molecule has 0 aliphatic rings. The number of sulfonamides is 1. The summed E-state index contributed by atoms with van der Waals surface area (Å²) in [6, 6.07) is 12.7. The van der Waals surface area contributed by atoms with Crippen LogP contribution in [0.3, 0.4) is 0 Å². The average Bonchev–Trinajstić information content (AvgIpc) is 3.13. The van der Waals surface area contributed by atoms with Gasteiger partial charge in [-0.3, -0.25) is 4.79 Å². The van der Waals surface area contributed by atoms with E-state index in [9.17, 15) is 13.2 Å². The molecule has 0 spiro atoms. The SMILES string of the molecule is Cc1nc(-c2ccccc2NC(=O)c2ccc(S(=O)(=O)N(C)C(C)C)cc2)no1. The number of hydrogen-bond acceptors (Lipinski definition) is 6. The summed E-state index contributed by atoms with van der Waals surface area (Å²) in [6.45, 7) is 5.27. The van der Waals surface area contributed by atoms with Crippen molar-refractivity contribution in [3.8, 4) is 11.4 Å². The molecule has 1 aromatic heterocycles. The lowest BCUT2D eigenvalue weighted by molar-refractivity contribution is 0.102. The highest BCUT2D eigenvalue weighted by Crippen LogP contribution is 2.26. The molecule has 0 bridgehead atoms. The largest absolute Gasteiger partial charge is 0.339 e. The van der Waals surface area contributed by atoms with Crippen molar-refractivity contribution >= 4 is 21.6 Å². The van der Waals surface area contributed by atoms with Crippen molar-refractivity contribution in [1.82, 2.24) is 14.4 Å². The predicted octanol–water partition coefficient (Wildman–Crippen LogP) is 3.33. The molecule has 2 aromatic carbocycles. The zero-order chi connectivity index (χ0) is 21.2. The number of carbonyl (C=O) groups excluding carboxylic acids is 1. The maximum absolute atomic E-state index is 12.7. The van der Waals surface area contributed by atoms with Gasteiger partial charge in [0.2, 0.25) is 21.7 Å². The van der Waals surface area contributed by atoms with Gasteiger partial charge in [0.05, 0.1) is 10.6 Å². The molecule has 3 rings (SSSR count). The van der Waals surface area contributed by atoms with E-state index in [1.165, 1.54) is 35.6 Å². The van der Waals surface area contributed by atoms with Crippen LogP contribution in [0.25, 0.3) is 11.4 Å². The number of aromatic nitrogens is 2. The molecule has 9 heteroatoms. The van der Waals surface area contributed by atoms with E-state index in [1.54, 1.807) is 39.0 Å². The van der Waals surface area contributed by atoms with Gasteiger partial charge in [0, 0.05) is 31.1 Å². The first-order valence-corrected chi connectivity index (χ1v) is 10.4. The standard InChI is InChI=1S/C20H22N4O4S/c1-13(2)24(4)29(26,27)16-11-9-15(10-12-16)20(25)22-18-8-6-5-7-17(18)19-21-14(3)28-23-19/h5-13H,1-4H3,(H,22,25). The number of nitrogens with zero attached hydrogens (tertiary/aromatic N) is 3. The van der Waals surface area contributed by atoms with Gasteiger partial charge in [-0.2, -0.15) is 9.29 Å². The Bertz CT molecular complexity index is 1120. The quantitative estimate of drug-likeness (QED) is 0.663. The van der Waals surface area contributed by atoms with E-state index in [1.807, 2.05) is 6.07 Å². The van der Waals surface area contributed by atoms with Gasteiger partial charge in [0.15, 0.2) is 0 Å². The van der Waals surface area contributed by atoms with Crippen molar-refractivity contribution in [2.75, 3.05) is 12.4 Å². The molecule has 0 unspecified atom stereocenters. The Morgan fingerprint density at radius 1 is 1.10 bits per heavy atom. The molecule has 0 aliphatic carbocycles. The molecule has 3 aromatic rings. The molecule has 0 radical (unpaired) electrons. The molecule has 0 saturated heterocycles. The molecule has 0 atom stereocenters. The van der Waals surface area contributed by atoms with E-state index >= 15 is 0 Å². The maximum Gasteiger partial charge on any atom is 0.255 e. The molecule has 152 valence electrons. The molecule has 0 fully saturated rings. The van der Waals surface area contributed by atoms with Crippen LogP contribution in [-0.4, -0.2) is 41.9 Å². The summed E-state index contributed by atoms with van der Waals surface area (Å²) in [5.41, 5.74) is 1.47. The molecule has 1 amide bonds. The van der Waals surface area contributed by atoms with Crippen molar-refractivity contribution < 1.29 is 17.7 Å². The third kappa shape index (κ3) is 4.36. The second-order valence-corrected chi connectivity index (χ2v) is 8.77. The summed E-state index contributed by atoms with van der Waals surface area (Å²) in [5, 5.41) is 6.70. The van der Waals surface area contributed by atoms with Gasteiger partial charge in [-0.25, -0.2) is 8.42 Å². The minimum atomic E-state index is -3.61. The maximum atomic E-state index is 12.7. The highest BCUT2D eigenvalue weighted by atomic mass is 32.2. The Balaban J connectivity index is 1.83. The van der Waals surface area contributed by atoms with Crippen LogP contribution in [0.5, 0.6) is 0 Å². The lowest BCUT2D eigenvalue weighted by Crippen LogP contribution is -2.33. The van der Waals surface area contributed by atoms with Gasteiger partial charge < -0.3 is 9.84 Å². The Labute approximate surface area is 169 Å². The van der Waals surface area contributed by atoms with Crippen LogP contribution >= 0.6 is 0 Å². The van der Waals surface area contributed by atoms with Gasteiger partial charge >= 0.3 is 0 Å². The van der Waals surface area contributed by atoms with Crippen LogP contribution in [0.2, 0.25) is 0 Å². The van der Waals surface area contributed by atoms with E-state index < -0.39 is 10.0 Å². The first kappa shape index (κ1) is 20.7. The summed E-state index contributed by atoms with van der Waals surface area (Å²) in [5.74, 6) is 0.416. The number of amides is 1. The van der Waals surface area contributed by atoms with E-state index in [0.717, 1.165) is 0 Å². The second kappa shape index (κ2) is 8.14. The van der Waals surface area contributed by atoms with Crippen molar-refractivity contribution in [2.45, 2.75) is 31.7 Å². The van der Waals surface area contributed by atoms with Crippen LogP contribution < -0.4 is 5.32 Å². The number of para-hydroxylation sites is 1. The molecule has 0 saturated carbocycles. The summed E-state index contributed by atoms with van der Waals surface area (Å²) < 4.78 is 31.4. The molecular formula is C20H22N4O4S. The van der Waals surface area contributed by atoms with Gasteiger partial charge in [0.25, 0.3) is 5.91 Å². The molecule has 1 N–H and O–H groups in total. The zero-order valence-corrected chi connectivity index (χ0v) is 17.4. The van der Waals surface area contributed by atoms with Crippen LogP contribution in [0.15, 0.2) is 57.9 Å². The van der Waals surface area contributed by atoms with Gasteiger partial charge in [-0.1, -0.05) is 17.3 Å². The first-order valence-electron chi connectivity index (χ1n) is 8.99. The molecule has 8 nitrogen and oxygen atoms in total. The lowest BCUT2D eigenvalue weighted by atomic mass is 10.1. The predicted molar refractivity (Wildman–Crippen MR) is 109 cm³/mol. The normalized spacial score (nSPS) is 11.8. The van der Waals surface area contributed by atoms with Gasteiger partial charge in [0.1, 0.15) is 0 Å². The fourth-order valence-corrected chi connectivity index (χ4v) is 3.98. The van der Waals surface area contributed by atoms with E-state index in [2.05, 4.69) is 15.5 Å². The van der Waals surface area contributed by atoms with E-state index in [-0.39, 0.29) is 16.8 Å². The topological polar surface area (TPSA) is 105 Å². The summed E-state index contributed by atoms with van der Waals surface area (Å²) in [7, 11) is -2.08. The van der Waals surface area contributed by atoms with Crippen molar-refractivity contribution in [3.63, 3.8) is 0 Å². The first-order chi connectivity index (χ1) is 13.7. The summed E-state index contributed by atoms with van der Waals surface area (Å²) >= 11 is 0. The summed E-state index contributed by atoms with van der Waals surface area (Å²) in [6.07, 6.45) is 0. The van der Waals surface area contributed by atoms with E-state index in [0.29, 0.717) is 28.5 Å². The Hall–Kier alpha value is -3.04. The molecule has 29 heavy (non-hydrogen) atoms. The van der Waals surface area contributed by atoms with Crippen LogP contribution in [0, 0.1) is 6.92 Å². The minimum Gasteiger partial charge on any atom is -0.339 e. The minimum absolute atomic E-state index is 0.132. The zero-order valence-electron chi connectivity index (χ0n) is 16.6.